The first-order valence-electron chi connectivity index (χ1n) is 9.49. The third kappa shape index (κ3) is 7.73. The molecule has 0 radical (unpaired) electrons. The zero-order chi connectivity index (χ0) is 21.3. The van der Waals surface area contributed by atoms with E-state index in [1.165, 1.54) is 30.5 Å². The van der Waals surface area contributed by atoms with E-state index in [1.807, 2.05) is 13.8 Å². The molecule has 0 bridgehead atoms. The summed E-state index contributed by atoms with van der Waals surface area (Å²) in [6, 6.07) is 11.1. The van der Waals surface area contributed by atoms with E-state index in [4.69, 9.17) is 4.74 Å². The van der Waals surface area contributed by atoms with Gasteiger partial charge in [-0.2, -0.15) is 0 Å². The second kappa shape index (κ2) is 10.8. The van der Waals surface area contributed by atoms with Gasteiger partial charge in [0.15, 0.2) is 15.8 Å². The highest BCUT2D eigenvalue weighted by Crippen LogP contribution is 2.15. The number of nitrogens with one attached hydrogen (secondary N) is 2. The molecule has 0 aliphatic heterocycles. The highest BCUT2D eigenvalue weighted by Gasteiger charge is 2.06. The van der Waals surface area contributed by atoms with Gasteiger partial charge in [0, 0.05) is 19.3 Å². The topological polar surface area (TPSA) is 79.8 Å². The van der Waals surface area contributed by atoms with Crippen LogP contribution in [0.4, 0.5) is 4.39 Å². The second-order valence-electron chi connectivity index (χ2n) is 6.60. The lowest BCUT2D eigenvalue weighted by Gasteiger charge is -2.12. The Labute approximate surface area is 172 Å². The second-order valence-corrected chi connectivity index (χ2v) is 8.62. The van der Waals surface area contributed by atoms with Crippen LogP contribution in [0.5, 0.6) is 5.75 Å². The van der Waals surface area contributed by atoms with Crippen LogP contribution in [0, 0.1) is 12.7 Å². The van der Waals surface area contributed by atoms with Crippen LogP contribution in [-0.4, -0.2) is 46.9 Å². The number of sulfone groups is 1. The van der Waals surface area contributed by atoms with E-state index >= 15 is 0 Å². The Morgan fingerprint density at radius 2 is 1.86 bits per heavy atom. The minimum Gasteiger partial charge on any atom is -0.492 e. The van der Waals surface area contributed by atoms with Crippen molar-refractivity contribution in [2.45, 2.75) is 25.2 Å². The number of nitrogens with zero attached hydrogens (tertiary/aromatic N) is 1. The summed E-state index contributed by atoms with van der Waals surface area (Å²) in [6.45, 7) is 6.13. The fourth-order valence-electron chi connectivity index (χ4n) is 2.69. The van der Waals surface area contributed by atoms with Crippen LogP contribution in [0.15, 0.2) is 52.4 Å². The minimum atomic E-state index is -3.21. The van der Waals surface area contributed by atoms with E-state index in [1.54, 1.807) is 18.2 Å². The van der Waals surface area contributed by atoms with E-state index < -0.39 is 9.84 Å². The highest BCUT2D eigenvalue weighted by molar-refractivity contribution is 7.90. The number of aliphatic imine (C=N–C) groups is 1. The molecular formula is C21H28FN3O3S. The largest absolute Gasteiger partial charge is 0.492 e. The Hall–Kier alpha value is -2.61. The molecule has 0 saturated heterocycles. The predicted octanol–water partition coefficient (Wildman–Crippen LogP) is 2.71. The van der Waals surface area contributed by atoms with Crippen molar-refractivity contribution in [2.24, 2.45) is 4.99 Å². The predicted molar refractivity (Wildman–Crippen MR) is 114 cm³/mol. The summed E-state index contributed by atoms with van der Waals surface area (Å²) in [6.07, 6.45) is 1.90. The lowest BCUT2D eigenvalue weighted by molar-refractivity contribution is 0.321. The summed E-state index contributed by atoms with van der Waals surface area (Å²) in [5.74, 6) is 1.06. The first-order chi connectivity index (χ1) is 13.8. The van der Waals surface area contributed by atoms with Gasteiger partial charge in [-0.25, -0.2) is 12.8 Å². The van der Waals surface area contributed by atoms with E-state index in [-0.39, 0.29) is 10.7 Å². The van der Waals surface area contributed by atoms with Gasteiger partial charge in [0.1, 0.15) is 18.2 Å². The first kappa shape index (κ1) is 22.7. The summed E-state index contributed by atoms with van der Waals surface area (Å²) in [5.41, 5.74) is 2.00. The van der Waals surface area contributed by atoms with E-state index in [0.717, 1.165) is 24.1 Å². The molecule has 6 nitrogen and oxygen atoms in total. The number of halogens is 1. The first-order valence-corrected chi connectivity index (χ1v) is 11.4. The molecule has 0 saturated carbocycles. The molecule has 0 unspecified atom stereocenters. The minimum absolute atomic E-state index is 0.226. The van der Waals surface area contributed by atoms with E-state index in [0.29, 0.717) is 31.4 Å². The molecule has 0 heterocycles. The lowest BCUT2D eigenvalue weighted by atomic mass is 10.1. The van der Waals surface area contributed by atoms with Crippen molar-refractivity contribution in [3.8, 4) is 5.75 Å². The lowest BCUT2D eigenvalue weighted by Crippen LogP contribution is -2.39. The van der Waals surface area contributed by atoms with Gasteiger partial charge in [-0.15, -0.1) is 0 Å². The van der Waals surface area contributed by atoms with Crippen LogP contribution in [0.3, 0.4) is 0 Å². The molecule has 8 heteroatoms. The van der Waals surface area contributed by atoms with Gasteiger partial charge in [0.25, 0.3) is 0 Å². The highest BCUT2D eigenvalue weighted by atomic mass is 32.2. The van der Waals surface area contributed by atoms with Crippen LogP contribution in [0.25, 0.3) is 0 Å². The molecule has 0 spiro atoms. The van der Waals surface area contributed by atoms with E-state index in [2.05, 4.69) is 15.6 Å². The molecular weight excluding hydrogens is 393 g/mol. The Bertz CT molecular complexity index is 929. The number of hydrogen-bond acceptors (Lipinski definition) is 4. The monoisotopic (exact) mass is 421 g/mol. The van der Waals surface area contributed by atoms with Crippen molar-refractivity contribution < 1.29 is 17.5 Å². The van der Waals surface area contributed by atoms with Crippen molar-refractivity contribution in [3.63, 3.8) is 0 Å². The van der Waals surface area contributed by atoms with Crippen molar-refractivity contribution in [1.29, 1.82) is 0 Å². The Kier molecular flexibility index (Phi) is 8.45. The molecule has 0 aromatic heterocycles. The van der Waals surface area contributed by atoms with Gasteiger partial charge < -0.3 is 15.4 Å². The molecule has 0 amide bonds. The molecule has 0 aliphatic carbocycles. The van der Waals surface area contributed by atoms with Gasteiger partial charge in [-0.05, 0) is 67.8 Å². The standard InChI is InChI=1S/C21H28FN3O3S/c1-4-23-21(24-12-11-17-5-6-18(22)15-16(17)2)25-13-14-28-19-7-9-20(10-8-19)29(3,26)27/h5-10,15H,4,11-14H2,1-3H3,(H2,23,24,25). The number of hydrogen-bond donors (Lipinski definition) is 2. The third-order valence-corrected chi connectivity index (χ3v) is 5.34. The maximum atomic E-state index is 13.2. The average molecular weight is 422 g/mol. The van der Waals surface area contributed by atoms with Crippen molar-refractivity contribution >= 4 is 15.8 Å². The fraction of sp³-hybridized carbons (Fsp3) is 0.381. The maximum absolute atomic E-state index is 13.2. The molecule has 0 aliphatic rings. The maximum Gasteiger partial charge on any atom is 0.191 e. The molecule has 0 atom stereocenters. The van der Waals surface area contributed by atoms with Crippen LogP contribution < -0.4 is 15.4 Å². The van der Waals surface area contributed by atoms with Crippen molar-refractivity contribution in [1.82, 2.24) is 10.6 Å². The van der Waals surface area contributed by atoms with Gasteiger partial charge >= 0.3 is 0 Å². The van der Waals surface area contributed by atoms with Crippen LogP contribution in [0.1, 0.15) is 18.1 Å². The number of aryl methyl sites for hydroxylation is 1. The van der Waals surface area contributed by atoms with Gasteiger partial charge in [0.05, 0.1) is 11.4 Å². The quantitative estimate of drug-likeness (QED) is 0.370. The van der Waals surface area contributed by atoms with Gasteiger partial charge in [0.2, 0.25) is 0 Å². The Morgan fingerprint density at radius 1 is 1.14 bits per heavy atom. The number of benzene rings is 2. The van der Waals surface area contributed by atoms with E-state index in [9.17, 15) is 12.8 Å². The Balaban J connectivity index is 1.80. The fourth-order valence-corrected chi connectivity index (χ4v) is 3.32. The summed E-state index contributed by atoms with van der Waals surface area (Å²) in [5, 5.41) is 6.37. The van der Waals surface area contributed by atoms with Crippen LogP contribution >= 0.6 is 0 Å². The summed E-state index contributed by atoms with van der Waals surface area (Å²) in [4.78, 5) is 4.80. The third-order valence-electron chi connectivity index (χ3n) is 4.22. The number of ether oxygens (including phenoxy) is 1. The zero-order valence-electron chi connectivity index (χ0n) is 17.0. The molecule has 158 valence electrons. The smallest absolute Gasteiger partial charge is 0.191 e. The number of guanidine groups is 1. The SMILES string of the molecule is CCNC(=NCCc1ccc(F)cc1C)NCCOc1ccc(S(C)(=O)=O)cc1. The molecule has 2 aromatic rings. The van der Waals surface area contributed by atoms with Crippen LogP contribution in [0.2, 0.25) is 0 Å². The summed E-state index contributed by atoms with van der Waals surface area (Å²) < 4.78 is 41.7. The summed E-state index contributed by atoms with van der Waals surface area (Å²) >= 11 is 0. The van der Waals surface area contributed by atoms with Gasteiger partial charge in [-0.1, -0.05) is 6.07 Å². The molecule has 2 aromatic carbocycles. The molecule has 2 rings (SSSR count). The molecule has 0 fully saturated rings. The molecule has 29 heavy (non-hydrogen) atoms. The van der Waals surface area contributed by atoms with Crippen molar-refractivity contribution in [3.05, 3.63) is 59.4 Å². The van der Waals surface area contributed by atoms with Crippen molar-refractivity contribution in [2.75, 3.05) is 32.5 Å². The zero-order valence-corrected chi connectivity index (χ0v) is 17.9. The number of rotatable bonds is 9. The summed E-state index contributed by atoms with van der Waals surface area (Å²) in [7, 11) is -3.21. The average Bonchev–Trinajstić information content (AvgIpc) is 2.66. The normalized spacial score (nSPS) is 11.9. The molecule has 2 N–H and O–H groups in total. The van der Waals surface area contributed by atoms with Crippen LogP contribution in [-0.2, 0) is 16.3 Å². The van der Waals surface area contributed by atoms with Gasteiger partial charge in [-0.3, -0.25) is 4.99 Å². The Morgan fingerprint density at radius 3 is 2.48 bits per heavy atom.